The maximum Gasteiger partial charge on any atom is 0.223 e. The summed E-state index contributed by atoms with van der Waals surface area (Å²) in [6.45, 7) is 4.59. The fraction of sp³-hybridized carbons (Fsp3) is 0.778. The molecule has 0 atom stereocenters. The van der Waals surface area contributed by atoms with Gasteiger partial charge in [-0.05, 0) is 12.8 Å². The van der Waals surface area contributed by atoms with Crippen molar-refractivity contribution < 1.29 is 4.79 Å². The second kappa shape index (κ2) is 6.83. The summed E-state index contributed by atoms with van der Waals surface area (Å²) in [5.41, 5.74) is 5.30. The molecule has 0 aliphatic carbocycles. The Hall–Kier alpha value is -0.640. The Balaban J connectivity index is 3.66. The molecule has 0 unspecified atom stereocenters. The Morgan fingerprint density at radius 3 is 2.38 bits per heavy atom. The monoisotopic (exact) mass is 202 g/mol. The molecule has 0 spiro atoms. The Morgan fingerprint density at radius 2 is 2.00 bits per heavy atom. The maximum absolute atomic E-state index is 11.4. The number of carbonyl (C=O) groups excluding carboxylic acids is 1. The van der Waals surface area contributed by atoms with Crippen molar-refractivity contribution in [2.75, 3.05) is 6.54 Å². The van der Waals surface area contributed by atoms with E-state index in [2.05, 4.69) is 5.32 Å². The molecule has 76 valence electrons. The lowest BCUT2D eigenvalue weighted by atomic mass is 10.0. The summed E-state index contributed by atoms with van der Waals surface area (Å²) in [6, 6.07) is 0. The molecule has 0 fully saturated rings. The van der Waals surface area contributed by atoms with Gasteiger partial charge in [-0.25, -0.2) is 0 Å². The number of hydrogen-bond donors (Lipinski definition) is 2. The average molecular weight is 202 g/mol. The van der Waals surface area contributed by atoms with E-state index in [0.717, 1.165) is 12.8 Å². The van der Waals surface area contributed by atoms with Crippen molar-refractivity contribution >= 4 is 23.1 Å². The third kappa shape index (κ3) is 5.58. The van der Waals surface area contributed by atoms with Crippen LogP contribution < -0.4 is 11.1 Å². The minimum absolute atomic E-state index is 0.112. The Bertz CT molecular complexity index is 178. The molecule has 0 aliphatic rings. The van der Waals surface area contributed by atoms with Crippen molar-refractivity contribution in [2.45, 2.75) is 33.1 Å². The van der Waals surface area contributed by atoms with Crippen LogP contribution in [-0.2, 0) is 4.79 Å². The van der Waals surface area contributed by atoms with Crippen LogP contribution in [0.1, 0.15) is 33.1 Å². The predicted octanol–water partition coefficient (Wildman–Crippen LogP) is 1.22. The fourth-order valence-electron chi connectivity index (χ4n) is 1.11. The number of rotatable bonds is 6. The van der Waals surface area contributed by atoms with Gasteiger partial charge in [0.25, 0.3) is 0 Å². The molecular formula is C9H18N2OS. The molecule has 4 heteroatoms. The standard InChI is InChI=1S/C9H18N2OS/c1-3-7(4-2)9(12)11-6-5-8(10)13/h7H,3-6H2,1-2H3,(H2,10,13)(H,11,12). The molecule has 0 aromatic carbocycles. The Kier molecular flexibility index (Phi) is 6.49. The third-order valence-corrected chi connectivity index (χ3v) is 2.23. The molecule has 1 amide bonds. The van der Waals surface area contributed by atoms with Crippen LogP contribution in [0, 0.1) is 5.92 Å². The lowest BCUT2D eigenvalue weighted by Gasteiger charge is -2.11. The normalized spacial score (nSPS) is 10.1. The van der Waals surface area contributed by atoms with Crippen LogP contribution in [0.5, 0.6) is 0 Å². The highest BCUT2D eigenvalue weighted by atomic mass is 32.1. The zero-order valence-corrected chi connectivity index (χ0v) is 9.12. The molecule has 0 heterocycles. The molecule has 0 radical (unpaired) electrons. The second-order valence-electron chi connectivity index (χ2n) is 3.02. The zero-order valence-electron chi connectivity index (χ0n) is 8.30. The molecule has 0 saturated heterocycles. The van der Waals surface area contributed by atoms with Crippen LogP contribution >= 0.6 is 12.2 Å². The first-order chi connectivity index (χ1) is 6.11. The summed E-state index contributed by atoms with van der Waals surface area (Å²) in [4.78, 5) is 11.8. The van der Waals surface area contributed by atoms with Crippen molar-refractivity contribution in [3.63, 3.8) is 0 Å². The van der Waals surface area contributed by atoms with Crippen molar-refractivity contribution in [1.82, 2.24) is 5.32 Å². The first-order valence-electron chi connectivity index (χ1n) is 4.67. The van der Waals surface area contributed by atoms with Crippen molar-refractivity contribution in [3.05, 3.63) is 0 Å². The van der Waals surface area contributed by atoms with Gasteiger partial charge in [0.2, 0.25) is 5.91 Å². The number of nitrogens with two attached hydrogens (primary N) is 1. The van der Waals surface area contributed by atoms with Gasteiger partial charge in [0.15, 0.2) is 0 Å². The van der Waals surface area contributed by atoms with E-state index in [4.69, 9.17) is 18.0 Å². The van der Waals surface area contributed by atoms with Crippen molar-refractivity contribution in [2.24, 2.45) is 11.7 Å². The van der Waals surface area contributed by atoms with E-state index in [-0.39, 0.29) is 11.8 Å². The lowest BCUT2D eigenvalue weighted by molar-refractivity contribution is -0.125. The van der Waals surface area contributed by atoms with Crippen LogP contribution in [0.25, 0.3) is 0 Å². The summed E-state index contributed by atoms with van der Waals surface area (Å²) < 4.78 is 0. The van der Waals surface area contributed by atoms with E-state index < -0.39 is 0 Å². The smallest absolute Gasteiger partial charge is 0.223 e. The van der Waals surface area contributed by atoms with Crippen LogP contribution in [0.3, 0.4) is 0 Å². The number of hydrogen-bond acceptors (Lipinski definition) is 2. The van der Waals surface area contributed by atoms with E-state index in [1.54, 1.807) is 0 Å². The number of nitrogens with one attached hydrogen (secondary N) is 1. The van der Waals surface area contributed by atoms with Crippen molar-refractivity contribution in [3.8, 4) is 0 Å². The zero-order chi connectivity index (χ0) is 10.3. The van der Waals surface area contributed by atoms with Gasteiger partial charge in [-0.3, -0.25) is 4.79 Å². The minimum atomic E-state index is 0.112. The average Bonchev–Trinajstić information content (AvgIpc) is 2.05. The third-order valence-electron chi connectivity index (χ3n) is 2.03. The van der Waals surface area contributed by atoms with E-state index in [1.165, 1.54) is 0 Å². The van der Waals surface area contributed by atoms with E-state index in [0.29, 0.717) is 18.0 Å². The predicted molar refractivity (Wildman–Crippen MR) is 58.5 cm³/mol. The van der Waals surface area contributed by atoms with Gasteiger partial charge < -0.3 is 11.1 Å². The first-order valence-corrected chi connectivity index (χ1v) is 5.08. The van der Waals surface area contributed by atoms with E-state index in [9.17, 15) is 4.79 Å². The number of amides is 1. The van der Waals surface area contributed by atoms with Crippen LogP contribution in [0.15, 0.2) is 0 Å². The summed E-state index contributed by atoms with van der Waals surface area (Å²) in [5, 5.41) is 2.81. The van der Waals surface area contributed by atoms with Crippen LogP contribution in [0.2, 0.25) is 0 Å². The molecule has 3 nitrogen and oxygen atoms in total. The molecule has 0 bridgehead atoms. The largest absolute Gasteiger partial charge is 0.393 e. The molecule has 0 saturated carbocycles. The lowest BCUT2D eigenvalue weighted by Crippen LogP contribution is -2.32. The summed E-state index contributed by atoms with van der Waals surface area (Å²) in [5.74, 6) is 0.243. The quantitative estimate of drug-likeness (QED) is 0.637. The van der Waals surface area contributed by atoms with Crippen LogP contribution in [-0.4, -0.2) is 17.4 Å². The van der Waals surface area contributed by atoms with Gasteiger partial charge in [-0.15, -0.1) is 0 Å². The van der Waals surface area contributed by atoms with Gasteiger partial charge >= 0.3 is 0 Å². The van der Waals surface area contributed by atoms with Crippen LogP contribution in [0.4, 0.5) is 0 Å². The number of thiocarbonyl (C=S) groups is 1. The SMILES string of the molecule is CCC(CC)C(=O)NCCC(N)=S. The van der Waals surface area contributed by atoms with Crippen molar-refractivity contribution in [1.29, 1.82) is 0 Å². The molecule has 13 heavy (non-hydrogen) atoms. The summed E-state index contributed by atoms with van der Waals surface area (Å²) in [6.07, 6.45) is 2.35. The second-order valence-corrected chi connectivity index (χ2v) is 3.55. The highest BCUT2D eigenvalue weighted by molar-refractivity contribution is 7.80. The van der Waals surface area contributed by atoms with Gasteiger partial charge in [-0.1, -0.05) is 26.1 Å². The van der Waals surface area contributed by atoms with E-state index >= 15 is 0 Å². The molecule has 0 aromatic heterocycles. The highest BCUT2D eigenvalue weighted by Gasteiger charge is 2.12. The van der Waals surface area contributed by atoms with Gasteiger partial charge in [0, 0.05) is 18.9 Å². The number of carbonyl (C=O) groups is 1. The summed E-state index contributed by atoms with van der Waals surface area (Å²) in [7, 11) is 0. The topological polar surface area (TPSA) is 55.1 Å². The summed E-state index contributed by atoms with van der Waals surface area (Å²) >= 11 is 4.70. The molecule has 0 aliphatic heterocycles. The Labute approximate surface area is 85.1 Å². The van der Waals surface area contributed by atoms with Gasteiger partial charge in [0.05, 0.1) is 4.99 Å². The Morgan fingerprint density at radius 1 is 1.46 bits per heavy atom. The fourth-order valence-corrected chi connectivity index (χ4v) is 1.21. The maximum atomic E-state index is 11.4. The highest BCUT2D eigenvalue weighted by Crippen LogP contribution is 2.06. The first kappa shape index (κ1) is 12.4. The molecule has 3 N–H and O–H groups in total. The van der Waals surface area contributed by atoms with Gasteiger partial charge in [-0.2, -0.15) is 0 Å². The molecule has 0 aromatic rings. The molecule has 0 rings (SSSR count). The van der Waals surface area contributed by atoms with Gasteiger partial charge in [0.1, 0.15) is 0 Å². The van der Waals surface area contributed by atoms with E-state index in [1.807, 2.05) is 13.8 Å². The molecular weight excluding hydrogens is 184 g/mol. The minimum Gasteiger partial charge on any atom is -0.393 e.